The maximum Gasteiger partial charge on any atom is 0.255 e. The van der Waals surface area contributed by atoms with Crippen LogP contribution < -0.4 is 10.1 Å². The normalized spacial score (nSPS) is 19.3. The highest BCUT2D eigenvalue weighted by molar-refractivity contribution is 6.06. The number of rotatable bonds is 5. The second kappa shape index (κ2) is 8.18. The molecule has 2 N–H and O–H groups in total. The van der Waals surface area contributed by atoms with Gasteiger partial charge in [0.2, 0.25) is 5.88 Å². The van der Waals surface area contributed by atoms with E-state index >= 15 is 0 Å². The predicted molar refractivity (Wildman–Crippen MR) is 107 cm³/mol. The molecule has 1 fully saturated rings. The Morgan fingerprint density at radius 2 is 2.21 bits per heavy atom. The van der Waals surface area contributed by atoms with Gasteiger partial charge in [-0.05, 0) is 36.6 Å². The first-order valence-corrected chi connectivity index (χ1v) is 9.57. The highest BCUT2D eigenvalue weighted by Gasteiger charge is 2.27. The van der Waals surface area contributed by atoms with E-state index in [0.717, 1.165) is 16.6 Å². The Bertz CT molecular complexity index is 1030. The van der Waals surface area contributed by atoms with Gasteiger partial charge in [0.25, 0.3) is 5.91 Å². The smallest absolute Gasteiger partial charge is 0.255 e. The molecular formula is C21H24N4O4. The van der Waals surface area contributed by atoms with E-state index in [4.69, 9.17) is 9.47 Å². The van der Waals surface area contributed by atoms with Crippen molar-refractivity contribution < 1.29 is 19.4 Å². The largest absolute Gasteiger partial charge is 0.481 e. The number of fused-ring (bicyclic) bond motifs is 1. The zero-order chi connectivity index (χ0) is 20.4. The Morgan fingerprint density at radius 1 is 1.38 bits per heavy atom. The molecule has 3 aromatic heterocycles. The molecule has 29 heavy (non-hydrogen) atoms. The fourth-order valence-corrected chi connectivity index (χ4v) is 3.68. The van der Waals surface area contributed by atoms with Gasteiger partial charge in [0.1, 0.15) is 5.52 Å². The number of carbonyl (C=O) groups is 1. The number of ether oxygens (including phenoxy) is 2. The average molecular weight is 396 g/mol. The minimum absolute atomic E-state index is 0.230. The number of pyridine rings is 2. The van der Waals surface area contributed by atoms with E-state index in [-0.39, 0.29) is 18.6 Å². The van der Waals surface area contributed by atoms with E-state index in [1.54, 1.807) is 19.5 Å². The van der Waals surface area contributed by atoms with Crippen molar-refractivity contribution >= 4 is 16.9 Å². The third kappa shape index (κ3) is 3.94. The maximum absolute atomic E-state index is 13.0. The first kappa shape index (κ1) is 19.4. The molecule has 0 spiro atoms. The maximum atomic E-state index is 13.0. The van der Waals surface area contributed by atoms with Crippen LogP contribution in [0.15, 0.2) is 36.8 Å². The van der Waals surface area contributed by atoms with Gasteiger partial charge in [-0.15, -0.1) is 0 Å². The Kier molecular flexibility index (Phi) is 5.46. The molecule has 8 nitrogen and oxygen atoms in total. The van der Waals surface area contributed by atoms with E-state index in [2.05, 4.69) is 15.3 Å². The number of nitrogens with one attached hydrogen (secondary N) is 1. The van der Waals surface area contributed by atoms with E-state index in [1.807, 2.05) is 35.9 Å². The Balaban J connectivity index is 1.68. The summed E-state index contributed by atoms with van der Waals surface area (Å²) in [4.78, 5) is 21.6. The number of aliphatic hydroxyl groups excluding tert-OH is 1. The summed E-state index contributed by atoms with van der Waals surface area (Å²) in [5.41, 5.74) is 4.07. The van der Waals surface area contributed by atoms with Crippen molar-refractivity contribution in [2.45, 2.75) is 32.0 Å². The van der Waals surface area contributed by atoms with Crippen LogP contribution in [0.2, 0.25) is 0 Å². The minimum Gasteiger partial charge on any atom is -0.481 e. The summed E-state index contributed by atoms with van der Waals surface area (Å²) >= 11 is 0. The Hall–Kier alpha value is -2.97. The first-order chi connectivity index (χ1) is 14.1. The lowest BCUT2D eigenvalue weighted by molar-refractivity contribution is -0.0260. The number of aromatic nitrogens is 3. The molecule has 0 aliphatic carbocycles. The molecule has 3 aromatic rings. The molecule has 1 aliphatic heterocycles. The lowest BCUT2D eigenvalue weighted by Gasteiger charge is -2.28. The number of amides is 1. The molecule has 2 atom stereocenters. The highest BCUT2D eigenvalue weighted by atomic mass is 16.5. The molecular weight excluding hydrogens is 372 g/mol. The minimum atomic E-state index is -0.708. The predicted octanol–water partition coefficient (Wildman–Crippen LogP) is 1.68. The van der Waals surface area contributed by atoms with Crippen molar-refractivity contribution in [3.05, 3.63) is 53.5 Å². The van der Waals surface area contributed by atoms with Crippen LogP contribution >= 0.6 is 0 Å². The van der Waals surface area contributed by atoms with E-state index in [1.165, 1.54) is 0 Å². The number of hydrogen-bond donors (Lipinski definition) is 2. The van der Waals surface area contributed by atoms with Crippen LogP contribution in [0.4, 0.5) is 0 Å². The van der Waals surface area contributed by atoms with Crippen LogP contribution in [0.25, 0.3) is 11.0 Å². The molecule has 1 aliphatic rings. The number of aliphatic hydroxyl groups is 1. The van der Waals surface area contributed by atoms with Crippen molar-refractivity contribution in [3.8, 4) is 5.88 Å². The van der Waals surface area contributed by atoms with Gasteiger partial charge in [-0.1, -0.05) is 0 Å². The van der Waals surface area contributed by atoms with Crippen molar-refractivity contribution in [1.29, 1.82) is 0 Å². The van der Waals surface area contributed by atoms with Crippen molar-refractivity contribution in [3.63, 3.8) is 0 Å². The van der Waals surface area contributed by atoms with Gasteiger partial charge >= 0.3 is 0 Å². The van der Waals surface area contributed by atoms with Gasteiger partial charge in [0.05, 0.1) is 36.9 Å². The van der Waals surface area contributed by atoms with Crippen molar-refractivity contribution in [2.24, 2.45) is 0 Å². The van der Waals surface area contributed by atoms with Gasteiger partial charge < -0.3 is 24.5 Å². The topological polar surface area (TPSA) is 98.5 Å². The third-order valence-corrected chi connectivity index (χ3v) is 5.20. The highest BCUT2D eigenvalue weighted by Crippen LogP contribution is 2.24. The molecule has 152 valence electrons. The van der Waals surface area contributed by atoms with Gasteiger partial charge in [0, 0.05) is 37.8 Å². The van der Waals surface area contributed by atoms with Crippen LogP contribution in [-0.2, 0) is 11.3 Å². The first-order valence-electron chi connectivity index (χ1n) is 9.57. The molecule has 1 amide bonds. The molecule has 4 heterocycles. The second-order valence-electron chi connectivity index (χ2n) is 7.21. The molecule has 1 saturated heterocycles. The van der Waals surface area contributed by atoms with Gasteiger partial charge in [-0.2, -0.15) is 0 Å². The molecule has 4 rings (SSSR count). The Labute approximate surface area is 168 Å². The summed E-state index contributed by atoms with van der Waals surface area (Å²) in [6, 6.07) is 5.38. The SMILES string of the molecule is COc1cc(Cn2cc(C(=O)N[C@H]3CCOC[C@@H]3O)c3nccc(C)c32)ccn1. The van der Waals surface area contributed by atoms with E-state index < -0.39 is 6.10 Å². The summed E-state index contributed by atoms with van der Waals surface area (Å²) in [6.07, 6.45) is 5.09. The molecule has 0 bridgehead atoms. The summed E-state index contributed by atoms with van der Waals surface area (Å²) in [5, 5.41) is 13.0. The number of aryl methyl sites for hydroxylation is 1. The summed E-state index contributed by atoms with van der Waals surface area (Å²) < 4.78 is 12.5. The fourth-order valence-electron chi connectivity index (χ4n) is 3.68. The van der Waals surface area contributed by atoms with Crippen LogP contribution in [0.5, 0.6) is 5.88 Å². The number of nitrogens with zero attached hydrogens (tertiary/aromatic N) is 3. The van der Waals surface area contributed by atoms with Gasteiger partial charge in [-0.3, -0.25) is 9.78 Å². The van der Waals surface area contributed by atoms with Crippen LogP contribution in [0.3, 0.4) is 0 Å². The van der Waals surface area contributed by atoms with Crippen molar-refractivity contribution in [1.82, 2.24) is 19.9 Å². The molecule has 8 heteroatoms. The standard InChI is InChI=1S/C21H24N4O4/c1-13-3-6-23-19-15(21(27)24-16-5-8-29-12-17(16)26)11-25(20(13)19)10-14-4-7-22-18(9-14)28-2/h3-4,6-7,9,11,16-17,26H,5,8,10,12H2,1-2H3,(H,24,27)/t16-,17-/m0/s1. The number of hydrogen-bond acceptors (Lipinski definition) is 6. The van der Waals surface area contributed by atoms with Crippen LogP contribution in [0.1, 0.15) is 27.9 Å². The van der Waals surface area contributed by atoms with Crippen LogP contribution in [-0.4, -0.2) is 58.0 Å². The number of methoxy groups -OCH3 is 1. The van der Waals surface area contributed by atoms with Crippen LogP contribution in [0, 0.1) is 6.92 Å². The number of carbonyl (C=O) groups excluding carboxylic acids is 1. The fraction of sp³-hybridized carbons (Fsp3) is 0.381. The molecule has 0 aromatic carbocycles. The lowest BCUT2D eigenvalue weighted by atomic mass is 10.1. The zero-order valence-electron chi connectivity index (χ0n) is 16.5. The molecule has 0 radical (unpaired) electrons. The quantitative estimate of drug-likeness (QED) is 0.681. The molecule has 0 unspecified atom stereocenters. The summed E-state index contributed by atoms with van der Waals surface area (Å²) in [7, 11) is 1.58. The third-order valence-electron chi connectivity index (χ3n) is 5.20. The van der Waals surface area contributed by atoms with E-state index in [0.29, 0.717) is 36.5 Å². The van der Waals surface area contributed by atoms with Crippen molar-refractivity contribution in [2.75, 3.05) is 20.3 Å². The van der Waals surface area contributed by atoms with Gasteiger partial charge in [0.15, 0.2) is 0 Å². The average Bonchev–Trinajstić information content (AvgIpc) is 3.09. The second-order valence-corrected chi connectivity index (χ2v) is 7.21. The lowest BCUT2D eigenvalue weighted by Crippen LogP contribution is -2.48. The van der Waals surface area contributed by atoms with Gasteiger partial charge in [-0.25, -0.2) is 4.98 Å². The Morgan fingerprint density at radius 3 is 3.00 bits per heavy atom. The summed E-state index contributed by atoms with van der Waals surface area (Å²) in [6.45, 7) is 3.30. The summed E-state index contributed by atoms with van der Waals surface area (Å²) in [5.74, 6) is 0.297. The monoisotopic (exact) mass is 396 g/mol. The zero-order valence-corrected chi connectivity index (χ0v) is 16.5. The van der Waals surface area contributed by atoms with E-state index in [9.17, 15) is 9.90 Å². The molecule has 0 saturated carbocycles.